The third-order valence-corrected chi connectivity index (χ3v) is 2.71. The number of halogens is 1. The summed E-state index contributed by atoms with van der Waals surface area (Å²) in [5.41, 5.74) is 0.104. The van der Waals surface area contributed by atoms with E-state index in [2.05, 4.69) is 10.1 Å². The Kier molecular flexibility index (Phi) is 4.11. The first kappa shape index (κ1) is 13.5. The first-order valence-corrected chi connectivity index (χ1v) is 6.02. The average molecular weight is 266 g/mol. The quantitative estimate of drug-likeness (QED) is 0.901. The van der Waals surface area contributed by atoms with Crippen LogP contribution in [-0.2, 0) is 0 Å². The maximum absolute atomic E-state index is 13.8. The molecule has 1 unspecified atom stereocenters. The molecule has 1 heterocycles. The van der Waals surface area contributed by atoms with E-state index in [-0.39, 0.29) is 17.3 Å². The van der Waals surface area contributed by atoms with Gasteiger partial charge in [-0.3, -0.25) is 0 Å². The van der Waals surface area contributed by atoms with E-state index in [1.807, 2.05) is 6.92 Å². The highest BCUT2D eigenvalue weighted by Crippen LogP contribution is 2.32. The average Bonchev–Trinajstić information content (AvgIpc) is 2.88. The Morgan fingerprint density at radius 2 is 2.26 bits per heavy atom. The Hall–Kier alpha value is -1.95. The van der Waals surface area contributed by atoms with Crippen LogP contribution in [0, 0.1) is 5.82 Å². The van der Waals surface area contributed by atoms with E-state index in [9.17, 15) is 9.50 Å². The zero-order valence-corrected chi connectivity index (χ0v) is 10.8. The van der Waals surface area contributed by atoms with Crippen LogP contribution in [0.2, 0.25) is 0 Å². The fraction of sp³-hybridized carbons (Fsp3) is 0.385. The Balaban J connectivity index is 2.38. The lowest BCUT2D eigenvalue weighted by molar-refractivity contribution is 0.153. The number of nitrogens with zero attached hydrogens (tertiary/aromatic N) is 2. The molecule has 0 amide bonds. The summed E-state index contributed by atoms with van der Waals surface area (Å²) in [6.45, 7) is 1.93. The number of rotatable bonds is 5. The van der Waals surface area contributed by atoms with Gasteiger partial charge in [-0.15, -0.1) is 0 Å². The molecular weight excluding hydrogens is 251 g/mol. The molecule has 0 bridgehead atoms. The van der Waals surface area contributed by atoms with E-state index in [4.69, 9.17) is 9.26 Å². The predicted molar refractivity (Wildman–Crippen MR) is 66.1 cm³/mol. The van der Waals surface area contributed by atoms with Gasteiger partial charge >= 0.3 is 0 Å². The zero-order chi connectivity index (χ0) is 13.8. The van der Waals surface area contributed by atoms with Crippen molar-refractivity contribution in [2.75, 3.05) is 7.11 Å². The molecule has 102 valence electrons. The van der Waals surface area contributed by atoms with Crippen molar-refractivity contribution in [3.63, 3.8) is 0 Å². The number of aliphatic hydroxyl groups is 1. The van der Waals surface area contributed by atoms with Crippen LogP contribution < -0.4 is 4.74 Å². The Morgan fingerprint density at radius 1 is 1.47 bits per heavy atom. The summed E-state index contributed by atoms with van der Waals surface area (Å²) in [6.07, 6.45) is 0.502. The van der Waals surface area contributed by atoms with Crippen LogP contribution in [0.1, 0.15) is 31.7 Å². The molecule has 5 nitrogen and oxygen atoms in total. The van der Waals surface area contributed by atoms with Crippen LogP contribution in [0.4, 0.5) is 4.39 Å². The molecule has 0 aliphatic rings. The molecule has 2 aromatic rings. The molecule has 0 fully saturated rings. The van der Waals surface area contributed by atoms with Crippen LogP contribution in [0.3, 0.4) is 0 Å². The van der Waals surface area contributed by atoms with Crippen molar-refractivity contribution in [3.8, 4) is 17.2 Å². The monoisotopic (exact) mass is 266 g/mol. The van der Waals surface area contributed by atoms with Gasteiger partial charge in [0, 0.05) is 0 Å². The van der Waals surface area contributed by atoms with Crippen LogP contribution >= 0.6 is 0 Å². The Bertz CT molecular complexity index is 557. The molecule has 1 atom stereocenters. The fourth-order valence-electron chi connectivity index (χ4n) is 1.76. The lowest BCUT2D eigenvalue weighted by Gasteiger charge is -2.05. The molecule has 0 spiro atoms. The van der Waals surface area contributed by atoms with Crippen molar-refractivity contribution in [2.24, 2.45) is 0 Å². The number of hydrogen-bond donors (Lipinski definition) is 1. The largest absolute Gasteiger partial charge is 0.496 e. The lowest BCUT2D eigenvalue weighted by atomic mass is 10.2. The van der Waals surface area contributed by atoms with Crippen molar-refractivity contribution < 1.29 is 18.8 Å². The third kappa shape index (κ3) is 2.73. The number of methoxy groups -OCH3 is 1. The highest BCUT2D eigenvalue weighted by molar-refractivity contribution is 5.63. The summed E-state index contributed by atoms with van der Waals surface area (Å²) >= 11 is 0. The number of hydrogen-bond acceptors (Lipinski definition) is 5. The van der Waals surface area contributed by atoms with E-state index < -0.39 is 11.9 Å². The zero-order valence-electron chi connectivity index (χ0n) is 10.8. The van der Waals surface area contributed by atoms with Gasteiger partial charge in [-0.2, -0.15) is 4.98 Å². The topological polar surface area (TPSA) is 68.4 Å². The van der Waals surface area contributed by atoms with Gasteiger partial charge in [0.25, 0.3) is 5.89 Å². The maximum Gasteiger partial charge on any atom is 0.264 e. The Labute approximate surface area is 110 Å². The minimum atomic E-state index is -0.805. The molecular formula is C13H15FN2O3. The second-order valence-corrected chi connectivity index (χ2v) is 4.08. The van der Waals surface area contributed by atoms with Crippen LogP contribution in [0.15, 0.2) is 22.7 Å². The minimum Gasteiger partial charge on any atom is -0.496 e. The summed E-state index contributed by atoms with van der Waals surface area (Å²) in [6, 6.07) is 4.41. The van der Waals surface area contributed by atoms with Gasteiger partial charge in [0.05, 0.1) is 7.11 Å². The lowest BCUT2D eigenvalue weighted by Crippen LogP contribution is -1.99. The molecule has 0 saturated carbocycles. The smallest absolute Gasteiger partial charge is 0.264 e. The van der Waals surface area contributed by atoms with Crippen molar-refractivity contribution in [1.82, 2.24) is 10.1 Å². The van der Waals surface area contributed by atoms with Crippen molar-refractivity contribution in [2.45, 2.75) is 25.9 Å². The summed E-state index contributed by atoms with van der Waals surface area (Å²) in [4.78, 5) is 4.02. The van der Waals surface area contributed by atoms with Crippen LogP contribution in [-0.4, -0.2) is 22.4 Å². The normalized spacial score (nSPS) is 12.4. The molecule has 2 rings (SSSR count). The molecule has 0 radical (unpaired) electrons. The predicted octanol–water partition coefficient (Wildman–Crippen LogP) is 2.72. The molecule has 1 N–H and O–H groups in total. The van der Waals surface area contributed by atoms with E-state index >= 15 is 0 Å². The maximum atomic E-state index is 13.8. The van der Waals surface area contributed by atoms with Crippen LogP contribution in [0.25, 0.3) is 11.5 Å². The number of ether oxygens (including phenoxy) is 1. The van der Waals surface area contributed by atoms with Crippen molar-refractivity contribution in [1.29, 1.82) is 0 Å². The van der Waals surface area contributed by atoms with Gasteiger partial charge in [-0.25, -0.2) is 4.39 Å². The summed E-state index contributed by atoms with van der Waals surface area (Å²) in [7, 11) is 1.43. The SMILES string of the molecule is CCCC(O)c1noc(-c2c(F)cccc2OC)n1. The summed E-state index contributed by atoms with van der Waals surface area (Å²) < 4.78 is 23.9. The van der Waals surface area contributed by atoms with Gasteiger partial charge in [0.1, 0.15) is 23.2 Å². The van der Waals surface area contributed by atoms with E-state index in [0.717, 1.165) is 6.42 Å². The summed E-state index contributed by atoms with van der Waals surface area (Å²) in [5, 5.41) is 13.4. The molecule has 19 heavy (non-hydrogen) atoms. The molecule has 1 aromatic heterocycles. The van der Waals surface area contributed by atoms with E-state index in [0.29, 0.717) is 12.2 Å². The second-order valence-electron chi connectivity index (χ2n) is 4.08. The van der Waals surface area contributed by atoms with Crippen molar-refractivity contribution >= 4 is 0 Å². The van der Waals surface area contributed by atoms with E-state index in [1.54, 1.807) is 6.07 Å². The Morgan fingerprint density at radius 3 is 2.95 bits per heavy atom. The van der Waals surface area contributed by atoms with Gasteiger partial charge in [-0.1, -0.05) is 24.6 Å². The van der Waals surface area contributed by atoms with Gasteiger partial charge in [-0.05, 0) is 18.6 Å². The third-order valence-electron chi connectivity index (χ3n) is 2.71. The highest BCUT2D eigenvalue weighted by Gasteiger charge is 2.21. The van der Waals surface area contributed by atoms with E-state index in [1.165, 1.54) is 19.2 Å². The van der Waals surface area contributed by atoms with Gasteiger partial charge < -0.3 is 14.4 Å². The molecule has 1 aromatic carbocycles. The fourth-order valence-corrected chi connectivity index (χ4v) is 1.76. The molecule has 6 heteroatoms. The number of benzene rings is 1. The molecule has 0 aliphatic carbocycles. The molecule has 0 aliphatic heterocycles. The highest BCUT2D eigenvalue weighted by atomic mass is 19.1. The minimum absolute atomic E-state index is 0.0000954. The first-order chi connectivity index (χ1) is 9.17. The first-order valence-electron chi connectivity index (χ1n) is 6.02. The standard InChI is InChI=1S/C13H15FN2O3/c1-3-5-9(17)12-15-13(19-16-12)11-8(14)6-4-7-10(11)18-2/h4,6-7,9,17H,3,5H2,1-2H3. The van der Waals surface area contributed by atoms with Gasteiger partial charge in [0.15, 0.2) is 0 Å². The van der Waals surface area contributed by atoms with Crippen LogP contribution in [0.5, 0.6) is 5.75 Å². The van der Waals surface area contributed by atoms with Gasteiger partial charge in [0.2, 0.25) is 5.82 Å². The number of aliphatic hydroxyl groups excluding tert-OH is 1. The summed E-state index contributed by atoms with van der Waals surface area (Å²) in [5.74, 6) is -0.0537. The second kappa shape index (κ2) is 5.79. The van der Waals surface area contributed by atoms with Crippen molar-refractivity contribution in [3.05, 3.63) is 29.8 Å². The molecule has 0 saturated heterocycles. The number of aromatic nitrogens is 2.